The molecule has 1 fully saturated rings. The van der Waals surface area contributed by atoms with Crippen molar-refractivity contribution in [1.82, 2.24) is 4.98 Å². The van der Waals surface area contributed by atoms with Crippen molar-refractivity contribution in [3.05, 3.63) is 10.6 Å². The van der Waals surface area contributed by atoms with Crippen LogP contribution in [0, 0.1) is 0 Å². The standard InChI is InChI=1S/C12H18N2O2S/c1-3-9-10(11(15)16)17-12(13-9)14(2)8-6-4-5-7-8/h8H,3-7H2,1-2H3,(H,15,16). The van der Waals surface area contributed by atoms with Crippen LogP contribution in [0.15, 0.2) is 0 Å². The van der Waals surface area contributed by atoms with Crippen molar-refractivity contribution in [3.8, 4) is 0 Å². The molecule has 0 bridgehead atoms. The maximum Gasteiger partial charge on any atom is 0.347 e. The summed E-state index contributed by atoms with van der Waals surface area (Å²) in [5, 5.41) is 9.96. The summed E-state index contributed by atoms with van der Waals surface area (Å²) in [5.41, 5.74) is 0.711. The van der Waals surface area contributed by atoms with Gasteiger partial charge in [-0.3, -0.25) is 0 Å². The van der Waals surface area contributed by atoms with Gasteiger partial charge in [-0.05, 0) is 19.3 Å². The molecule has 1 N–H and O–H groups in total. The zero-order valence-electron chi connectivity index (χ0n) is 10.3. The molecule has 1 heterocycles. The van der Waals surface area contributed by atoms with Crippen LogP contribution < -0.4 is 4.90 Å². The molecule has 0 aliphatic heterocycles. The van der Waals surface area contributed by atoms with Gasteiger partial charge in [-0.2, -0.15) is 0 Å². The van der Waals surface area contributed by atoms with Crippen LogP contribution in [0.3, 0.4) is 0 Å². The largest absolute Gasteiger partial charge is 0.477 e. The molecule has 0 spiro atoms. The normalized spacial score (nSPS) is 16.4. The number of hydrogen-bond donors (Lipinski definition) is 1. The minimum Gasteiger partial charge on any atom is -0.477 e. The molecule has 0 amide bonds. The predicted molar refractivity (Wildman–Crippen MR) is 69.1 cm³/mol. The molecule has 1 aliphatic carbocycles. The summed E-state index contributed by atoms with van der Waals surface area (Å²) in [6, 6.07) is 0.535. The Bertz CT molecular complexity index is 411. The minimum atomic E-state index is -0.856. The number of carbonyl (C=O) groups is 1. The molecule has 1 aromatic heterocycles. The summed E-state index contributed by atoms with van der Waals surface area (Å²) in [4.78, 5) is 18.1. The van der Waals surface area contributed by atoms with Gasteiger partial charge in [0.05, 0.1) is 5.69 Å². The van der Waals surface area contributed by atoms with E-state index in [1.165, 1.54) is 37.0 Å². The molecule has 0 aromatic carbocycles. The average molecular weight is 254 g/mol. The summed E-state index contributed by atoms with van der Waals surface area (Å²) in [6.07, 6.45) is 5.61. The van der Waals surface area contributed by atoms with Crippen molar-refractivity contribution >= 4 is 22.4 Å². The molecule has 4 nitrogen and oxygen atoms in total. The highest BCUT2D eigenvalue weighted by Crippen LogP contribution is 2.31. The lowest BCUT2D eigenvalue weighted by Gasteiger charge is -2.23. The molecular formula is C12H18N2O2S. The summed E-state index contributed by atoms with van der Waals surface area (Å²) in [6.45, 7) is 1.95. The number of carboxylic acid groups (broad SMARTS) is 1. The van der Waals surface area contributed by atoms with E-state index in [-0.39, 0.29) is 0 Å². The predicted octanol–water partition coefficient (Wildman–Crippen LogP) is 2.78. The maximum absolute atomic E-state index is 11.1. The van der Waals surface area contributed by atoms with Crippen molar-refractivity contribution in [3.63, 3.8) is 0 Å². The molecule has 1 saturated carbocycles. The second-order valence-electron chi connectivity index (χ2n) is 4.48. The van der Waals surface area contributed by atoms with Gasteiger partial charge in [-0.15, -0.1) is 0 Å². The summed E-state index contributed by atoms with van der Waals surface area (Å²) < 4.78 is 0. The smallest absolute Gasteiger partial charge is 0.347 e. The lowest BCUT2D eigenvalue weighted by molar-refractivity contribution is 0.0701. The summed E-state index contributed by atoms with van der Waals surface area (Å²) >= 11 is 1.30. The van der Waals surface area contributed by atoms with E-state index in [1.807, 2.05) is 14.0 Å². The Hall–Kier alpha value is -1.10. The van der Waals surface area contributed by atoms with E-state index >= 15 is 0 Å². The van der Waals surface area contributed by atoms with Crippen LogP contribution in [0.4, 0.5) is 5.13 Å². The molecule has 0 atom stereocenters. The number of hydrogen-bond acceptors (Lipinski definition) is 4. The van der Waals surface area contributed by atoms with Crippen LogP contribution in [0.5, 0.6) is 0 Å². The van der Waals surface area contributed by atoms with Crippen molar-refractivity contribution in [1.29, 1.82) is 0 Å². The Balaban J connectivity index is 2.23. The van der Waals surface area contributed by atoms with E-state index in [1.54, 1.807) is 0 Å². The summed E-state index contributed by atoms with van der Waals surface area (Å²) in [7, 11) is 2.03. The number of carboxylic acids is 1. The highest BCUT2D eigenvalue weighted by atomic mass is 32.1. The monoisotopic (exact) mass is 254 g/mol. The van der Waals surface area contributed by atoms with Crippen molar-refractivity contribution < 1.29 is 9.90 Å². The van der Waals surface area contributed by atoms with Crippen LogP contribution in [0.25, 0.3) is 0 Å². The topological polar surface area (TPSA) is 53.4 Å². The third kappa shape index (κ3) is 2.44. The lowest BCUT2D eigenvalue weighted by Crippen LogP contribution is -2.28. The van der Waals surface area contributed by atoms with E-state index < -0.39 is 5.97 Å². The fourth-order valence-electron chi connectivity index (χ4n) is 2.34. The molecule has 17 heavy (non-hydrogen) atoms. The number of nitrogens with zero attached hydrogens (tertiary/aromatic N) is 2. The first-order chi connectivity index (χ1) is 8.13. The maximum atomic E-state index is 11.1. The molecule has 0 unspecified atom stereocenters. The van der Waals surface area contributed by atoms with Gasteiger partial charge in [0.25, 0.3) is 0 Å². The van der Waals surface area contributed by atoms with Crippen molar-refractivity contribution in [2.45, 2.75) is 45.1 Å². The number of aryl methyl sites for hydroxylation is 1. The minimum absolute atomic E-state index is 0.396. The zero-order valence-corrected chi connectivity index (χ0v) is 11.1. The summed E-state index contributed by atoms with van der Waals surface area (Å²) in [5.74, 6) is -0.856. The van der Waals surface area contributed by atoms with Crippen molar-refractivity contribution in [2.24, 2.45) is 0 Å². The van der Waals surface area contributed by atoms with E-state index in [0.29, 0.717) is 23.0 Å². The van der Waals surface area contributed by atoms with Crippen LogP contribution in [-0.2, 0) is 6.42 Å². The van der Waals surface area contributed by atoms with Gasteiger partial charge in [0.15, 0.2) is 5.13 Å². The van der Waals surface area contributed by atoms with Gasteiger partial charge in [0.2, 0.25) is 0 Å². The fourth-order valence-corrected chi connectivity index (χ4v) is 3.37. The van der Waals surface area contributed by atoms with Gasteiger partial charge < -0.3 is 10.0 Å². The van der Waals surface area contributed by atoms with Crippen LogP contribution in [0.1, 0.15) is 48.0 Å². The molecule has 2 rings (SSSR count). The van der Waals surface area contributed by atoms with Gasteiger partial charge >= 0.3 is 5.97 Å². The van der Waals surface area contributed by atoms with Gasteiger partial charge in [0.1, 0.15) is 4.88 Å². The SMILES string of the molecule is CCc1nc(N(C)C2CCCC2)sc1C(=O)O. The molecular weight excluding hydrogens is 236 g/mol. The number of anilines is 1. The number of thiazole rings is 1. The number of rotatable bonds is 4. The second-order valence-corrected chi connectivity index (χ2v) is 5.46. The van der Waals surface area contributed by atoms with E-state index in [2.05, 4.69) is 9.88 Å². The van der Waals surface area contributed by atoms with Crippen LogP contribution in [-0.4, -0.2) is 29.1 Å². The third-order valence-electron chi connectivity index (χ3n) is 3.39. The lowest BCUT2D eigenvalue weighted by atomic mass is 10.2. The average Bonchev–Trinajstić information content (AvgIpc) is 2.97. The first kappa shape index (κ1) is 12.4. The Morgan fingerprint density at radius 3 is 2.65 bits per heavy atom. The van der Waals surface area contributed by atoms with Crippen molar-refractivity contribution in [2.75, 3.05) is 11.9 Å². The first-order valence-corrected chi connectivity index (χ1v) is 6.91. The zero-order chi connectivity index (χ0) is 12.4. The Morgan fingerprint density at radius 2 is 2.18 bits per heavy atom. The molecule has 0 saturated heterocycles. The highest BCUT2D eigenvalue weighted by molar-refractivity contribution is 7.17. The van der Waals surface area contributed by atoms with E-state index in [0.717, 1.165) is 5.13 Å². The molecule has 5 heteroatoms. The second kappa shape index (κ2) is 5.04. The fraction of sp³-hybridized carbons (Fsp3) is 0.667. The van der Waals surface area contributed by atoms with Crippen LogP contribution in [0.2, 0.25) is 0 Å². The van der Waals surface area contributed by atoms with Gasteiger partial charge in [0, 0.05) is 13.1 Å². The number of aromatic carboxylic acids is 1. The van der Waals surface area contributed by atoms with E-state index in [9.17, 15) is 4.79 Å². The first-order valence-electron chi connectivity index (χ1n) is 6.09. The highest BCUT2D eigenvalue weighted by Gasteiger charge is 2.24. The van der Waals surface area contributed by atoms with Crippen LogP contribution >= 0.6 is 11.3 Å². The number of aromatic nitrogens is 1. The Kier molecular flexibility index (Phi) is 3.66. The van der Waals surface area contributed by atoms with E-state index in [4.69, 9.17) is 5.11 Å². The Labute approximate surface area is 105 Å². The molecule has 1 aromatic rings. The van der Waals surface area contributed by atoms with Gasteiger partial charge in [-0.25, -0.2) is 9.78 Å². The quantitative estimate of drug-likeness (QED) is 0.897. The Morgan fingerprint density at radius 1 is 1.53 bits per heavy atom. The molecule has 94 valence electrons. The molecule has 0 radical (unpaired) electrons. The molecule has 1 aliphatic rings. The third-order valence-corrected chi connectivity index (χ3v) is 4.57. The van der Waals surface area contributed by atoms with Gasteiger partial charge in [-0.1, -0.05) is 31.1 Å².